The fraction of sp³-hybridized carbons (Fsp3) is 0.381. The summed E-state index contributed by atoms with van der Waals surface area (Å²) in [5.74, 6) is 2.54. The second-order valence-corrected chi connectivity index (χ2v) is 7.86. The zero-order valence-electron chi connectivity index (χ0n) is 16.7. The van der Waals surface area contributed by atoms with Crippen LogP contribution in [0, 0.1) is 0 Å². The molecule has 1 aliphatic rings. The van der Waals surface area contributed by atoms with Crippen molar-refractivity contribution in [1.82, 2.24) is 14.9 Å². The molecule has 1 aliphatic heterocycles. The SMILES string of the molecule is CCc1nc(N2CCN(CC(=O)Nc3ccccc3OC)CC2)c2ccsc2n1. The summed E-state index contributed by atoms with van der Waals surface area (Å²) >= 11 is 1.66. The standard InChI is InChI=1S/C21H25N5O2S/c1-3-18-23-20(15-8-13-29-21(15)24-18)26-11-9-25(10-12-26)14-19(27)22-16-6-4-5-7-17(16)28-2/h4-8,13H,3,9-12,14H2,1-2H3,(H,22,27). The minimum absolute atomic E-state index is 0.0292. The van der Waals surface area contributed by atoms with Gasteiger partial charge < -0.3 is 15.0 Å². The molecule has 0 bridgehead atoms. The Hall–Kier alpha value is -2.71. The molecule has 2 aromatic heterocycles. The second-order valence-electron chi connectivity index (χ2n) is 6.97. The number of rotatable bonds is 6. The number of aromatic nitrogens is 2. The molecular weight excluding hydrogens is 386 g/mol. The monoisotopic (exact) mass is 411 g/mol. The summed E-state index contributed by atoms with van der Waals surface area (Å²) in [6, 6.07) is 9.55. The molecular formula is C21H25N5O2S. The van der Waals surface area contributed by atoms with Gasteiger partial charge in [0.05, 0.1) is 24.7 Å². The molecule has 7 nitrogen and oxygen atoms in total. The van der Waals surface area contributed by atoms with Gasteiger partial charge in [0.25, 0.3) is 0 Å². The van der Waals surface area contributed by atoms with E-state index in [0.29, 0.717) is 18.0 Å². The van der Waals surface area contributed by atoms with Gasteiger partial charge in [-0.15, -0.1) is 11.3 Å². The van der Waals surface area contributed by atoms with Crippen molar-refractivity contribution in [2.45, 2.75) is 13.3 Å². The summed E-state index contributed by atoms with van der Waals surface area (Å²) in [6.07, 6.45) is 0.823. The van der Waals surface area contributed by atoms with Gasteiger partial charge in [0.1, 0.15) is 22.2 Å². The van der Waals surface area contributed by atoms with Gasteiger partial charge in [-0.25, -0.2) is 9.97 Å². The summed E-state index contributed by atoms with van der Waals surface area (Å²) < 4.78 is 5.30. The average Bonchev–Trinajstić information content (AvgIpc) is 3.22. The molecule has 1 aromatic carbocycles. The molecule has 1 amide bonds. The minimum Gasteiger partial charge on any atom is -0.495 e. The topological polar surface area (TPSA) is 70.6 Å². The molecule has 1 fully saturated rings. The molecule has 1 saturated heterocycles. The fourth-order valence-electron chi connectivity index (χ4n) is 3.54. The minimum atomic E-state index is -0.0292. The Morgan fingerprint density at radius 2 is 1.97 bits per heavy atom. The smallest absolute Gasteiger partial charge is 0.238 e. The van der Waals surface area contributed by atoms with E-state index in [1.165, 1.54) is 0 Å². The van der Waals surface area contributed by atoms with Crippen molar-refractivity contribution < 1.29 is 9.53 Å². The van der Waals surface area contributed by atoms with Crippen LogP contribution in [-0.4, -0.2) is 60.6 Å². The number of nitrogens with zero attached hydrogens (tertiary/aromatic N) is 4. The predicted molar refractivity (Wildman–Crippen MR) is 117 cm³/mol. The van der Waals surface area contributed by atoms with Crippen molar-refractivity contribution in [2.24, 2.45) is 0 Å². The first-order chi connectivity index (χ1) is 14.2. The lowest BCUT2D eigenvalue weighted by atomic mass is 10.2. The first-order valence-corrected chi connectivity index (χ1v) is 10.7. The van der Waals surface area contributed by atoms with Crippen LogP contribution in [0.2, 0.25) is 0 Å². The van der Waals surface area contributed by atoms with Crippen LogP contribution < -0.4 is 15.0 Å². The molecule has 3 aromatic rings. The van der Waals surface area contributed by atoms with Gasteiger partial charge in [-0.2, -0.15) is 0 Å². The van der Waals surface area contributed by atoms with E-state index >= 15 is 0 Å². The summed E-state index contributed by atoms with van der Waals surface area (Å²) in [5.41, 5.74) is 0.701. The highest BCUT2D eigenvalue weighted by atomic mass is 32.1. The van der Waals surface area contributed by atoms with E-state index in [9.17, 15) is 4.79 Å². The first kappa shape index (κ1) is 19.6. The van der Waals surface area contributed by atoms with Gasteiger partial charge in [-0.05, 0) is 23.6 Å². The number of piperazine rings is 1. The second kappa shape index (κ2) is 8.75. The van der Waals surface area contributed by atoms with Crippen molar-refractivity contribution in [2.75, 3.05) is 50.1 Å². The maximum absolute atomic E-state index is 12.5. The number of benzene rings is 1. The Labute approximate surface area is 174 Å². The lowest BCUT2D eigenvalue weighted by Gasteiger charge is -2.35. The van der Waals surface area contributed by atoms with Crippen LogP contribution >= 0.6 is 11.3 Å². The maximum Gasteiger partial charge on any atom is 0.238 e. The van der Waals surface area contributed by atoms with Crippen LogP contribution in [0.1, 0.15) is 12.7 Å². The number of thiophene rings is 1. The van der Waals surface area contributed by atoms with Crippen LogP contribution in [0.5, 0.6) is 5.75 Å². The number of fused-ring (bicyclic) bond motifs is 1. The molecule has 29 heavy (non-hydrogen) atoms. The number of hydrogen-bond acceptors (Lipinski definition) is 7. The zero-order valence-corrected chi connectivity index (χ0v) is 17.5. The van der Waals surface area contributed by atoms with Crippen LogP contribution in [0.25, 0.3) is 10.2 Å². The van der Waals surface area contributed by atoms with Gasteiger partial charge in [-0.1, -0.05) is 19.1 Å². The molecule has 0 aliphatic carbocycles. The van der Waals surface area contributed by atoms with Gasteiger partial charge in [0.2, 0.25) is 5.91 Å². The zero-order chi connectivity index (χ0) is 20.2. The van der Waals surface area contributed by atoms with E-state index in [1.54, 1.807) is 18.4 Å². The molecule has 4 rings (SSSR count). The van der Waals surface area contributed by atoms with E-state index in [2.05, 4.69) is 38.5 Å². The van der Waals surface area contributed by atoms with Gasteiger partial charge in [0, 0.05) is 32.6 Å². The van der Waals surface area contributed by atoms with Crippen molar-refractivity contribution >= 4 is 39.0 Å². The van der Waals surface area contributed by atoms with Gasteiger partial charge in [-0.3, -0.25) is 9.69 Å². The number of methoxy groups -OCH3 is 1. The largest absolute Gasteiger partial charge is 0.495 e. The van der Waals surface area contributed by atoms with E-state index in [0.717, 1.165) is 54.5 Å². The quantitative estimate of drug-likeness (QED) is 0.672. The molecule has 0 unspecified atom stereocenters. The lowest BCUT2D eigenvalue weighted by molar-refractivity contribution is -0.117. The van der Waals surface area contributed by atoms with Crippen molar-refractivity contribution in [3.05, 3.63) is 41.5 Å². The third kappa shape index (κ3) is 4.33. The summed E-state index contributed by atoms with van der Waals surface area (Å²) in [5, 5.41) is 6.14. The normalized spacial score (nSPS) is 14.9. The first-order valence-electron chi connectivity index (χ1n) is 9.82. The molecule has 0 saturated carbocycles. The van der Waals surface area contributed by atoms with Crippen molar-refractivity contribution in [3.63, 3.8) is 0 Å². The van der Waals surface area contributed by atoms with Crippen LogP contribution in [0.15, 0.2) is 35.7 Å². The highest BCUT2D eigenvalue weighted by Gasteiger charge is 2.22. The summed E-state index contributed by atoms with van der Waals surface area (Å²) in [4.78, 5) is 27.4. The third-order valence-corrected chi connectivity index (χ3v) is 5.89. The molecule has 3 heterocycles. The van der Waals surface area contributed by atoms with E-state index in [1.807, 2.05) is 24.3 Å². The fourth-order valence-corrected chi connectivity index (χ4v) is 4.32. The Kier molecular flexibility index (Phi) is 5.92. The number of amides is 1. The van der Waals surface area contributed by atoms with Gasteiger partial charge >= 0.3 is 0 Å². The van der Waals surface area contributed by atoms with Crippen molar-refractivity contribution in [3.8, 4) is 5.75 Å². The number of hydrogen-bond donors (Lipinski definition) is 1. The Morgan fingerprint density at radius 3 is 2.72 bits per heavy atom. The number of carbonyl (C=O) groups excluding carboxylic acids is 1. The number of carbonyl (C=O) groups is 1. The molecule has 152 valence electrons. The molecule has 0 radical (unpaired) electrons. The lowest BCUT2D eigenvalue weighted by Crippen LogP contribution is -2.49. The number of anilines is 2. The van der Waals surface area contributed by atoms with Crippen LogP contribution in [-0.2, 0) is 11.2 Å². The Morgan fingerprint density at radius 1 is 1.17 bits per heavy atom. The third-order valence-electron chi connectivity index (χ3n) is 5.09. The Bertz CT molecular complexity index is 998. The number of nitrogens with one attached hydrogen (secondary N) is 1. The van der Waals surface area contributed by atoms with Crippen molar-refractivity contribution in [1.29, 1.82) is 0 Å². The molecule has 8 heteroatoms. The Balaban J connectivity index is 1.37. The predicted octanol–water partition coefficient (Wildman–Crippen LogP) is 3.02. The number of para-hydroxylation sites is 2. The van der Waals surface area contributed by atoms with Gasteiger partial charge in [0.15, 0.2) is 0 Å². The summed E-state index contributed by atoms with van der Waals surface area (Å²) in [7, 11) is 1.60. The highest BCUT2D eigenvalue weighted by Crippen LogP contribution is 2.29. The van der Waals surface area contributed by atoms with Crippen LogP contribution in [0.3, 0.4) is 0 Å². The van der Waals surface area contributed by atoms with E-state index < -0.39 is 0 Å². The maximum atomic E-state index is 12.5. The molecule has 1 N–H and O–H groups in total. The van der Waals surface area contributed by atoms with Crippen LogP contribution in [0.4, 0.5) is 11.5 Å². The average molecular weight is 412 g/mol. The molecule has 0 spiro atoms. The van der Waals surface area contributed by atoms with E-state index in [4.69, 9.17) is 9.72 Å². The van der Waals surface area contributed by atoms with E-state index in [-0.39, 0.29) is 5.91 Å². The number of aryl methyl sites for hydroxylation is 1. The number of ether oxygens (including phenoxy) is 1. The molecule has 0 atom stereocenters. The summed E-state index contributed by atoms with van der Waals surface area (Å²) in [6.45, 7) is 5.76. The highest BCUT2D eigenvalue weighted by molar-refractivity contribution is 7.16.